The third-order valence-corrected chi connectivity index (χ3v) is 4.36. The lowest BCUT2D eigenvalue weighted by molar-refractivity contribution is -0.124. The standard InChI is InChI=1S/C16H22N2O3/c1-20-13-4-2-3-5-14(13)21-12-8-9-16(10-12,15(17)19)18-11-6-7-11/h2-5,11-12,18H,6-10H2,1H3,(H2,17,19). The topological polar surface area (TPSA) is 73.6 Å². The Bertz CT molecular complexity index is 530. The lowest BCUT2D eigenvalue weighted by atomic mass is 9.96. The second-order valence-electron chi connectivity index (χ2n) is 6.00. The molecule has 1 aromatic carbocycles. The average Bonchev–Trinajstić information content (AvgIpc) is 3.19. The number of amides is 1. The van der Waals surface area contributed by atoms with Crippen molar-refractivity contribution in [2.24, 2.45) is 5.73 Å². The fourth-order valence-corrected chi connectivity index (χ4v) is 3.04. The number of rotatable bonds is 6. The molecule has 5 heteroatoms. The fraction of sp³-hybridized carbons (Fsp3) is 0.562. The number of primary amides is 1. The summed E-state index contributed by atoms with van der Waals surface area (Å²) >= 11 is 0. The summed E-state index contributed by atoms with van der Waals surface area (Å²) in [5, 5.41) is 3.42. The summed E-state index contributed by atoms with van der Waals surface area (Å²) in [6.45, 7) is 0. The highest BCUT2D eigenvalue weighted by atomic mass is 16.5. The molecule has 0 aliphatic heterocycles. The molecule has 21 heavy (non-hydrogen) atoms. The molecule has 0 radical (unpaired) electrons. The van der Waals surface area contributed by atoms with Crippen molar-refractivity contribution < 1.29 is 14.3 Å². The van der Waals surface area contributed by atoms with Crippen LogP contribution in [0, 0.1) is 0 Å². The van der Waals surface area contributed by atoms with Crippen molar-refractivity contribution >= 4 is 5.91 Å². The zero-order valence-corrected chi connectivity index (χ0v) is 12.3. The number of benzene rings is 1. The summed E-state index contributed by atoms with van der Waals surface area (Å²) in [7, 11) is 1.62. The third-order valence-electron chi connectivity index (χ3n) is 4.36. The van der Waals surface area contributed by atoms with E-state index in [0.29, 0.717) is 18.2 Å². The van der Waals surface area contributed by atoms with Gasteiger partial charge < -0.3 is 20.5 Å². The summed E-state index contributed by atoms with van der Waals surface area (Å²) in [5.74, 6) is 1.17. The number of ether oxygens (including phenoxy) is 2. The molecule has 0 spiro atoms. The molecule has 2 unspecified atom stereocenters. The Balaban J connectivity index is 1.69. The first-order valence-corrected chi connectivity index (χ1v) is 7.50. The Morgan fingerprint density at radius 2 is 2.00 bits per heavy atom. The number of methoxy groups -OCH3 is 1. The minimum absolute atomic E-state index is 0.0138. The molecular formula is C16H22N2O3. The summed E-state index contributed by atoms with van der Waals surface area (Å²) in [6.07, 6.45) is 4.43. The smallest absolute Gasteiger partial charge is 0.237 e. The van der Waals surface area contributed by atoms with Crippen LogP contribution in [0.3, 0.4) is 0 Å². The quantitative estimate of drug-likeness (QED) is 0.834. The molecule has 1 amide bonds. The predicted molar refractivity (Wildman–Crippen MR) is 79.3 cm³/mol. The van der Waals surface area contributed by atoms with Crippen molar-refractivity contribution in [1.29, 1.82) is 0 Å². The van der Waals surface area contributed by atoms with E-state index in [-0.39, 0.29) is 12.0 Å². The zero-order valence-electron chi connectivity index (χ0n) is 12.3. The molecule has 1 aromatic rings. The van der Waals surface area contributed by atoms with Crippen molar-refractivity contribution in [3.8, 4) is 11.5 Å². The van der Waals surface area contributed by atoms with Gasteiger partial charge in [0.05, 0.1) is 7.11 Å². The second-order valence-corrected chi connectivity index (χ2v) is 6.00. The van der Waals surface area contributed by atoms with Crippen LogP contribution in [0.4, 0.5) is 0 Å². The van der Waals surface area contributed by atoms with Gasteiger partial charge in [-0.3, -0.25) is 4.79 Å². The van der Waals surface area contributed by atoms with Gasteiger partial charge in [0, 0.05) is 12.5 Å². The van der Waals surface area contributed by atoms with Gasteiger partial charge in [0.2, 0.25) is 5.91 Å². The average molecular weight is 290 g/mol. The molecular weight excluding hydrogens is 268 g/mol. The van der Waals surface area contributed by atoms with E-state index < -0.39 is 5.54 Å². The molecule has 2 saturated carbocycles. The van der Waals surface area contributed by atoms with E-state index >= 15 is 0 Å². The maximum absolute atomic E-state index is 11.9. The predicted octanol–water partition coefficient (Wildman–Crippen LogP) is 1.60. The minimum atomic E-state index is -0.603. The Morgan fingerprint density at radius 3 is 2.62 bits per heavy atom. The molecule has 5 nitrogen and oxygen atoms in total. The molecule has 2 atom stereocenters. The van der Waals surface area contributed by atoms with E-state index in [1.54, 1.807) is 7.11 Å². The summed E-state index contributed by atoms with van der Waals surface area (Å²) < 4.78 is 11.3. The van der Waals surface area contributed by atoms with Crippen LogP contribution in [-0.4, -0.2) is 30.7 Å². The van der Waals surface area contributed by atoms with E-state index in [0.717, 1.165) is 31.4 Å². The molecule has 2 aliphatic carbocycles. The normalized spacial score (nSPS) is 28.3. The Labute approximate surface area is 124 Å². The summed E-state index contributed by atoms with van der Waals surface area (Å²) in [5.41, 5.74) is 5.04. The van der Waals surface area contributed by atoms with Crippen molar-refractivity contribution in [2.45, 2.75) is 49.8 Å². The Kier molecular flexibility index (Phi) is 3.76. The molecule has 2 fully saturated rings. The van der Waals surface area contributed by atoms with Crippen molar-refractivity contribution in [1.82, 2.24) is 5.32 Å². The van der Waals surface area contributed by atoms with Gasteiger partial charge in [-0.2, -0.15) is 0 Å². The molecule has 114 valence electrons. The van der Waals surface area contributed by atoms with Gasteiger partial charge in [-0.1, -0.05) is 12.1 Å². The van der Waals surface area contributed by atoms with Crippen LogP contribution in [0.5, 0.6) is 11.5 Å². The van der Waals surface area contributed by atoms with Crippen LogP contribution in [-0.2, 0) is 4.79 Å². The van der Waals surface area contributed by atoms with Crippen molar-refractivity contribution in [3.63, 3.8) is 0 Å². The number of carbonyl (C=O) groups is 1. The first-order valence-electron chi connectivity index (χ1n) is 7.50. The molecule has 3 rings (SSSR count). The second kappa shape index (κ2) is 5.56. The van der Waals surface area contributed by atoms with Crippen LogP contribution in [0.2, 0.25) is 0 Å². The zero-order chi connectivity index (χ0) is 14.9. The fourth-order valence-electron chi connectivity index (χ4n) is 3.04. The first kappa shape index (κ1) is 14.2. The maximum Gasteiger partial charge on any atom is 0.237 e. The van der Waals surface area contributed by atoms with Gasteiger partial charge in [0.15, 0.2) is 11.5 Å². The van der Waals surface area contributed by atoms with E-state index in [9.17, 15) is 4.79 Å². The lowest BCUT2D eigenvalue weighted by Crippen LogP contribution is -2.55. The van der Waals surface area contributed by atoms with Gasteiger partial charge >= 0.3 is 0 Å². The van der Waals surface area contributed by atoms with Crippen LogP contribution < -0.4 is 20.5 Å². The molecule has 2 aliphatic rings. The van der Waals surface area contributed by atoms with Crippen molar-refractivity contribution in [3.05, 3.63) is 24.3 Å². The van der Waals surface area contributed by atoms with Crippen LogP contribution >= 0.6 is 0 Å². The van der Waals surface area contributed by atoms with E-state index in [1.165, 1.54) is 0 Å². The number of nitrogens with two attached hydrogens (primary N) is 1. The highest BCUT2D eigenvalue weighted by Crippen LogP contribution is 2.37. The number of hydrogen-bond acceptors (Lipinski definition) is 4. The third kappa shape index (κ3) is 2.97. The van der Waals surface area contributed by atoms with E-state index in [2.05, 4.69) is 5.32 Å². The highest BCUT2D eigenvalue weighted by Gasteiger charge is 2.47. The van der Waals surface area contributed by atoms with E-state index in [1.807, 2.05) is 24.3 Å². The van der Waals surface area contributed by atoms with Crippen LogP contribution in [0.25, 0.3) is 0 Å². The Morgan fingerprint density at radius 1 is 1.29 bits per heavy atom. The summed E-state index contributed by atoms with van der Waals surface area (Å²) in [4.78, 5) is 11.9. The SMILES string of the molecule is COc1ccccc1OC1CCC(NC2CC2)(C(N)=O)C1. The van der Waals surface area contributed by atoms with Crippen LogP contribution in [0.1, 0.15) is 32.1 Å². The monoisotopic (exact) mass is 290 g/mol. The largest absolute Gasteiger partial charge is 0.493 e. The summed E-state index contributed by atoms with van der Waals surface area (Å²) in [6, 6.07) is 8.02. The maximum atomic E-state index is 11.9. The number of para-hydroxylation sites is 2. The molecule has 3 N–H and O–H groups in total. The molecule has 0 aromatic heterocycles. The number of hydrogen-bond donors (Lipinski definition) is 2. The Hall–Kier alpha value is -1.75. The minimum Gasteiger partial charge on any atom is -0.493 e. The highest BCUT2D eigenvalue weighted by molar-refractivity contribution is 5.85. The van der Waals surface area contributed by atoms with Crippen LogP contribution in [0.15, 0.2) is 24.3 Å². The van der Waals surface area contributed by atoms with Gasteiger partial charge in [-0.05, 0) is 37.8 Å². The van der Waals surface area contributed by atoms with Gasteiger partial charge in [-0.15, -0.1) is 0 Å². The lowest BCUT2D eigenvalue weighted by Gasteiger charge is -2.27. The number of nitrogens with one attached hydrogen (secondary N) is 1. The number of carbonyl (C=O) groups excluding carboxylic acids is 1. The molecule has 0 saturated heterocycles. The van der Waals surface area contributed by atoms with Gasteiger partial charge in [0.1, 0.15) is 11.6 Å². The molecule has 0 bridgehead atoms. The van der Waals surface area contributed by atoms with E-state index in [4.69, 9.17) is 15.2 Å². The van der Waals surface area contributed by atoms with Crippen molar-refractivity contribution in [2.75, 3.05) is 7.11 Å². The van der Waals surface area contributed by atoms with Gasteiger partial charge in [-0.25, -0.2) is 0 Å². The van der Waals surface area contributed by atoms with Gasteiger partial charge in [0.25, 0.3) is 0 Å². The molecule has 0 heterocycles. The first-order chi connectivity index (χ1) is 10.1.